The SMILES string of the molecule is NC(N)=Nc1cccc(CONCCONC(CC(=O)O)c2ccn[nH]2)c1. The number of rotatable bonds is 12. The summed E-state index contributed by atoms with van der Waals surface area (Å²) in [6, 6.07) is 8.45. The average Bonchev–Trinajstić information content (AvgIpc) is 3.14. The van der Waals surface area contributed by atoms with E-state index in [0.717, 1.165) is 5.56 Å². The minimum Gasteiger partial charge on any atom is -0.481 e. The van der Waals surface area contributed by atoms with E-state index >= 15 is 0 Å². The molecule has 0 saturated carbocycles. The highest BCUT2D eigenvalue weighted by atomic mass is 16.7. The summed E-state index contributed by atoms with van der Waals surface area (Å²) >= 11 is 0. The number of H-pyrrole nitrogens is 1. The number of aromatic nitrogens is 2. The van der Waals surface area contributed by atoms with Gasteiger partial charge in [-0.25, -0.2) is 4.99 Å². The average molecular weight is 377 g/mol. The lowest BCUT2D eigenvalue weighted by molar-refractivity contribution is -0.139. The third-order valence-corrected chi connectivity index (χ3v) is 3.32. The molecule has 11 heteroatoms. The molecule has 11 nitrogen and oxygen atoms in total. The molecule has 8 N–H and O–H groups in total. The normalized spacial score (nSPS) is 11.9. The van der Waals surface area contributed by atoms with Crippen LogP contribution in [-0.4, -0.2) is 40.4 Å². The molecule has 1 aromatic carbocycles. The van der Waals surface area contributed by atoms with Crippen LogP contribution < -0.4 is 22.4 Å². The van der Waals surface area contributed by atoms with Crippen molar-refractivity contribution in [3.63, 3.8) is 0 Å². The Morgan fingerprint density at radius 2 is 2.19 bits per heavy atom. The lowest BCUT2D eigenvalue weighted by Gasteiger charge is -2.15. The Balaban J connectivity index is 1.64. The van der Waals surface area contributed by atoms with Crippen LogP contribution in [0.25, 0.3) is 0 Å². The van der Waals surface area contributed by atoms with Crippen molar-refractivity contribution in [2.75, 3.05) is 13.2 Å². The minimum absolute atomic E-state index is 0.00725. The molecule has 2 rings (SSSR count). The molecule has 0 saturated heterocycles. The molecular weight excluding hydrogens is 354 g/mol. The molecule has 0 bridgehead atoms. The predicted octanol–water partition coefficient (Wildman–Crippen LogP) is 0.0730. The van der Waals surface area contributed by atoms with Gasteiger partial charge in [0.2, 0.25) is 0 Å². The lowest BCUT2D eigenvalue weighted by atomic mass is 10.1. The van der Waals surface area contributed by atoms with Gasteiger partial charge in [0.1, 0.15) is 0 Å². The first-order valence-corrected chi connectivity index (χ1v) is 8.16. The number of carbonyl (C=O) groups is 1. The van der Waals surface area contributed by atoms with E-state index < -0.39 is 12.0 Å². The number of hydroxylamine groups is 2. The van der Waals surface area contributed by atoms with Crippen molar-refractivity contribution in [3.8, 4) is 0 Å². The highest BCUT2D eigenvalue weighted by Gasteiger charge is 2.16. The van der Waals surface area contributed by atoms with Crippen molar-refractivity contribution in [1.29, 1.82) is 0 Å². The maximum atomic E-state index is 10.9. The molecule has 1 unspecified atom stereocenters. The highest BCUT2D eigenvalue weighted by Crippen LogP contribution is 2.14. The molecule has 0 radical (unpaired) electrons. The van der Waals surface area contributed by atoms with Gasteiger partial charge in [-0.1, -0.05) is 12.1 Å². The minimum atomic E-state index is -0.949. The molecule has 0 aliphatic carbocycles. The third-order valence-electron chi connectivity index (χ3n) is 3.32. The Hall–Kier alpha value is -2.99. The summed E-state index contributed by atoms with van der Waals surface area (Å²) in [7, 11) is 0. The van der Waals surface area contributed by atoms with Gasteiger partial charge in [-0.15, -0.1) is 0 Å². The van der Waals surface area contributed by atoms with Gasteiger partial charge in [-0.3, -0.25) is 19.6 Å². The number of guanidine groups is 1. The Kier molecular flexibility index (Phi) is 8.19. The highest BCUT2D eigenvalue weighted by molar-refractivity contribution is 5.79. The van der Waals surface area contributed by atoms with E-state index in [1.54, 1.807) is 24.4 Å². The molecule has 1 heterocycles. The van der Waals surface area contributed by atoms with Crippen LogP contribution in [0.4, 0.5) is 5.69 Å². The number of aromatic amines is 1. The van der Waals surface area contributed by atoms with Crippen LogP contribution in [0, 0.1) is 0 Å². The number of hydrogen-bond donors (Lipinski definition) is 6. The fraction of sp³-hybridized carbons (Fsp3) is 0.312. The van der Waals surface area contributed by atoms with Crippen molar-refractivity contribution in [2.45, 2.75) is 19.1 Å². The third kappa shape index (κ3) is 7.83. The number of nitrogens with two attached hydrogens (primary N) is 2. The van der Waals surface area contributed by atoms with Crippen LogP contribution in [-0.2, 0) is 21.1 Å². The van der Waals surface area contributed by atoms with Gasteiger partial charge in [0.15, 0.2) is 5.96 Å². The maximum absolute atomic E-state index is 10.9. The van der Waals surface area contributed by atoms with Crippen LogP contribution >= 0.6 is 0 Å². The van der Waals surface area contributed by atoms with Gasteiger partial charge in [0, 0.05) is 12.7 Å². The summed E-state index contributed by atoms with van der Waals surface area (Å²) in [5.74, 6) is -0.956. The van der Waals surface area contributed by atoms with Gasteiger partial charge in [0.05, 0.1) is 37.1 Å². The Morgan fingerprint density at radius 1 is 1.33 bits per heavy atom. The number of carboxylic acid groups (broad SMARTS) is 1. The molecule has 1 atom stereocenters. The number of benzene rings is 1. The van der Waals surface area contributed by atoms with E-state index in [4.69, 9.17) is 26.2 Å². The van der Waals surface area contributed by atoms with Crippen LogP contribution in [0.1, 0.15) is 23.7 Å². The summed E-state index contributed by atoms with van der Waals surface area (Å²) in [5.41, 5.74) is 18.3. The maximum Gasteiger partial charge on any atom is 0.305 e. The molecule has 2 aromatic rings. The monoisotopic (exact) mass is 377 g/mol. The fourth-order valence-electron chi connectivity index (χ4n) is 2.17. The van der Waals surface area contributed by atoms with Gasteiger partial charge >= 0.3 is 5.97 Å². The Labute approximate surface area is 155 Å². The quantitative estimate of drug-likeness (QED) is 0.129. The second kappa shape index (κ2) is 10.9. The first-order chi connectivity index (χ1) is 13.0. The van der Waals surface area contributed by atoms with Crippen molar-refractivity contribution in [3.05, 3.63) is 47.8 Å². The zero-order chi connectivity index (χ0) is 19.5. The van der Waals surface area contributed by atoms with E-state index in [0.29, 0.717) is 24.5 Å². The van der Waals surface area contributed by atoms with Crippen LogP contribution in [0.2, 0.25) is 0 Å². The molecular formula is C16H23N7O4. The second-order valence-electron chi connectivity index (χ2n) is 5.52. The summed E-state index contributed by atoms with van der Waals surface area (Å²) < 4.78 is 0. The second-order valence-corrected chi connectivity index (χ2v) is 5.52. The standard InChI is InChI=1S/C16H23N7O4/c17-16(18)21-12-3-1-2-11(8-12)10-27-20-6-7-26-23-14(9-15(24)25)13-4-5-19-22-13/h1-5,8,14,20,23H,6-7,9-10H2,(H,19,22)(H,24,25)(H4,17,18,21). The first kappa shape index (κ1) is 20.3. The molecule has 0 fully saturated rings. The van der Waals surface area contributed by atoms with E-state index in [2.05, 4.69) is 26.1 Å². The molecule has 1 aromatic heterocycles. The number of aliphatic imine (C=N–C) groups is 1. The molecule has 0 aliphatic heterocycles. The number of aliphatic carboxylic acids is 1. The largest absolute Gasteiger partial charge is 0.481 e. The van der Waals surface area contributed by atoms with Crippen LogP contribution in [0.15, 0.2) is 41.5 Å². The van der Waals surface area contributed by atoms with E-state index in [9.17, 15) is 4.79 Å². The first-order valence-electron chi connectivity index (χ1n) is 8.16. The summed E-state index contributed by atoms with van der Waals surface area (Å²) in [4.78, 5) is 25.5. The predicted molar refractivity (Wildman–Crippen MR) is 97.4 cm³/mol. The number of nitrogens with zero attached hydrogens (tertiary/aromatic N) is 2. The molecule has 146 valence electrons. The fourth-order valence-corrected chi connectivity index (χ4v) is 2.17. The van der Waals surface area contributed by atoms with Gasteiger partial charge in [-0.2, -0.15) is 16.1 Å². The Bertz CT molecular complexity index is 732. The van der Waals surface area contributed by atoms with Crippen molar-refractivity contribution < 1.29 is 19.6 Å². The number of carboxylic acids is 1. The molecule has 0 spiro atoms. The van der Waals surface area contributed by atoms with E-state index in [1.165, 1.54) is 0 Å². The Morgan fingerprint density at radius 3 is 2.89 bits per heavy atom. The van der Waals surface area contributed by atoms with Crippen molar-refractivity contribution >= 4 is 17.6 Å². The van der Waals surface area contributed by atoms with E-state index in [1.807, 2.05) is 12.1 Å². The van der Waals surface area contributed by atoms with Gasteiger partial charge in [-0.05, 0) is 23.8 Å². The lowest BCUT2D eigenvalue weighted by Crippen LogP contribution is -2.28. The van der Waals surface area contributed by atoms with Gasteiger partial charge in [0.25, 0.3) is 0 Å². The molecule has 0 amide bonds. The van der Waals surface area contributed by atoms with E-state index in [-0.39, 0.29) is 19.0 Å². The zero-order valence-electron chi connectivity index (χ0n) is 14.6. The molecule has 0 aliphatic rings. The topological polar surface area (TPSA) is 173 Å². The summed E-state index contributed by atoms with van der Waals surface area (Å²) in [5, 5.41) is 15.5. The smallest absolute Gasteiger partial charge is 0.305 e. The van der Waals surface area contributed by atoms with Gasteiger partial charge < -0.3 is 16.6 Å². The van der Waals surface area contributed by atoms with Crippen LogP contribution in [0.3, 0.4) is 0 Å². The van der Waals surface area contributed by atoms with Crippen molar-refractivity contribution in [2.24, 2.45) is 16.5 Å². The summed E-state index contributed by atoms with van der Waals surface area (Å²) in [6.45, 7) is 0.971. The number of nitrogens with one attached hydrogen (secondary N) is 3. The van der Waals surface area contributed by atoms with Crippen LogP contribution in [0.5, 0.6) is 0 Å². The number of hydrogen-bond acceptors (Lipinski definition) is 7. The zero-order valence-corrected chi connectivity index (χ0v) is 14.6. The molecule has 27 heavy (non-hydrogen) atoms. The van der Waals surface area contributed by atoms with Crippen molar-refractivity contribution in [1.82, 2.24) is 21.2 Å². The summed E-state index contributed by atoms with van der Waals surface area (Å²) in [6.07, 6.45) is 1.40.